The molecule has 2 heteroatoms. The zero-order chi connectivity index (χ0) is 38.5. The number of anilines is 6. The quantitative estimate of drug-likeness (QED) is 0.130. The van der Waals surface area contributed by atoms with Crippen molar-refractivity contribution < 1.29 is 0 Å². The Hall–Kier alpha value is -6.38. The van der Waals surface area contributed by atoms with Crippen LogP contribution in [0.25, 0.3) is 24.3 Å². The number of benzene rings is 7. The molecule has 0 amide bonds. The Labute approximate surface area is 328 Å². The van der Waals surface area contributed by atoms with Gasteiger partial charge in [0.1, 0.15) is 0 Å². The van der Waals surface area contributed by atoms with E-state index in [2.05, 4.69) is 234 Å². The van der Waals surface area contributed by atoms with Crippen molar-refractivity contribution in [3.8, 4) is 0 Å². The molecule has 0 aromatic heterocycles. The lowest BCUT2D eigenvalue weighted by atomic mass is 9.91. The summed E-state index contributed by atoms with van der Waals surface area (Å²) in [6, 6.07) is 54.5. The van der Waals surface area contributed by atoms with Crippen LogP contribution in [0.15, 0.2) is 152 Å². The topological polar surface area (TPSA) is 6.48 Å². The van der Waals surface area contributed by atoms with Gasteiger partial charge in [0.15, 0.2) is 0 Å². The summed E-state index contributed by atoms with van der Waals surface area (Å²) in [4.78, 5) is 4.66. The predicted molar refractivity (Wildman–Crippen MR) is 240 cm³/mol. The molecular formula is C53H50N2. The molecule has 0 aliphatic rings. The Bertz CT molecular complexity index is 2330. The maximum absolute atomic E-state index is 2.33. The molecule has 0 spiro atoms. The van der Waals surface area contributed by atoms with Gasteiger partial charge in [-0.1, -0.05) is 103 Å². The van der Waals surface area contributed by atoms with Crippen molar-refractivity contribution in [3.05, 3.63) is 213 Å². The Morgan fingerprint density at radius 2 is 0.691 bits per heavy atom. The van der Waals surface area contributed by atoms with Crippen molar-refractivity contribution in [2.45, 2.75) is 48.5 Å². The molecule has 0 radical (unpaired) electrons. The van der Waals surface area contributed by atoms with Crippen LogP contribution in [0.4, 0.5) is 34.1 Å². The van der Waals surface area contributed by atoms with Gasteiger partial charge in [-0.3, -0.25) is 0 Å². The molecule has 7 rings (SSSR count). The molecule has 0 saturated heterocycles. The van der Waals surface area contributed by atoms with E-state index in [0.29, 0.717) is 0 Å². The molecule has 0 fully saturated rings. The Morgan fingerprint density at radius 1 is 0.309 bits per heavy atom. The molecule has 7 aromatic carbocycles. The minimum absolute atomic E-state index is 1.14. The van der Waals surface area contributed by atoms with E-state index < -0.39 is 0 Å². The van der Waals surface area contributed by atoms with E-state index in [4.69, 9.17) is 0 Å². The van der Waals surface area contributed by atoms with Crippen LogP contribution in [0.2, 0.25) is 0 Å². The Balaban J connectivity index is 1.16. The summed E-state index contributed by atoms with van der Waals surface area (Å²) < 4.78 is 0. The zero-order valence-electron chi connectivity index (χ0n) is 33.1. The highest BCUT2D eigenvalue weighted by molar-refractivity contribution is 5.84. The van der Waals surface area contributed by atoms with Crippen LogP contribution in [0, 0.1) is 48.5 Å². The van der Waals surface area contributed by atoms with Crippen molar-refractivity contribution in [2.75, 3.05) is 9.80 Å². The second kappa shape index (κ2) is 16.3. The molecule has 2 nitrogen and oxygen atoms in total. The van der Waals surface area contributed by atoms with Gasteiger partial charge in [-0.15, -0.1) is 0 Å². The molecule has 272 valence electrons. The first kappa shape index (κ1) is 37.0. The van der Waals surface area contributed by atoms with E-state index in [0.717, 1.165) is 34.1 Å². The summed E-state index contributed by atoms with van der Waals surface area (Å²) in [6.07, 6.45) is 9.13. The van der Waals surface area contributed by atoms with Crippen LogP contribution in [-0.4, -0.2) is 0 Å². The molecule has 55 heavy (non-hydrogen) atoms. The summed E-state index contributed by atoms with van der Waals surface area (Å²) in [6.45, 7) is 15.4. The normalized spacial score (nSPS) is 11.4. The maximum Gasteiger partial charge on any atom is 0.0464 e. The van der Waals surface area contributed by atoms with E-state index in [-0.39, 0.29) is 0 Å². The number of aryl methyl sites for hydroxylation is 6. The van der Waals surface area contributed by atoms with E-state index in [9.17, 15) is 0 Å². The highest BCUT2D eigenvalue weighted by atomic mass is 15.1. The van der Waals surface area contributed by atoms with Crippen LogP contribution in [0.1, 0.15) is 61.2 Å². The van der Waals surface area contributed by atoms with Gasteiger partial charge in [-0.05, 0) is 182 Å². The third-order valence-corrected chi connectivity index (χ3v) is 10.5. The minimum atomic E-state index is 1.14. The summed E-state index contributed by atoms with van der Waals surface area (Å²) in [5, 5.41) is 0. The molecular weight excluding hydrogens is 665 g/mol. The standard InChI is InChI=1S/C53H50N2/c1-37-16-14-22-48(32-37)54(46-18-10-8-11-19-46)50-28-24-44(39(3)35-50)26-30-52-41(5)34-42(6)53(43(52)7)31-27-45-25-29-51(36-40(45)4)55(47-20-12-9-13-21-47)49-23-15-17-38(2)33-49/h8-36H,1-7H3/b30-26+,31-27+. The number of hydrogen-bond donors (Lipinski definition) is 0. The highest BCUT2D eigenvalue weighted by Crippen LogP contribution is 2.38. The first-order valence-electron chi connectivity index (χ1n) is 19.2. The number of hydrogen-bond acceptors (Lipinski definition) is 2. The average molecular weight is 715 g/mol. The molecule has 0 atom stereocenters. The number of nitrogens with zero attached hydrogens (tertiary/aromatic N) is 2. The molecule has 0 heterocycles. The van der Waals surface area contributed by atoms with Crippen molar-refractivity contribution in [2.24, 2.45) is 0 Å². The fourth-order valence-corrected chi connectivity index (χ4v) is 7.63. The van der Waals surface area contributed by atoms with Gasteiger partial charge in [0.05, 0.1) is 0 Å². The van der Waals surface area contributed by atoms with Crippen molar-refractivity contribution in [1.29, 1.82) is 0 Å². The van der Waals surface area contributed by atoms with Gasteiger partial charge >= 0.3 is 0 Å². The largest absolute Gasteiger partial charge is 0.310 e. The van der Waals surface area contributed by atoms with Gasteiger partial charge in [0.25, 0.3) is 0 Å². The zero-order valence-corrected chi connectivity index (χ0v) is 33.1. The van der Waals surface area contributed by atoms with Crippen molar-refractivity contribution in [3.63, 3.8) is 0 Å². The van der Waals surface area contributed by atoms with E-state index in [1.165, 1.54) is 61.2 Å². The van der Waals surface area contributed by atoms with Crippen LogP contribution in [-0.2, 0) is 0 Å². The minimum Gasteiger partial charge on any atom is -0.310 e. The van der Waals surface area contributed by atoms with E-state index in [1.54, 1.807) is 0 Å². The number of para-hydroxylation sites is 2. The summed E-state index contributed by atoms with van der Waals surface area (Å²) >= 11 is 0. The van der Waals surface area contributed by atoms with Gasteiger partial charge in [0.2, 0.25) is 0 Å². The summed E-state index contributed by atoms with van der Waals surface area (Å²) in [5.74, 6) is 0. The van der Waals surface area contributed by atoms with Crippen molar-refractivity contribution >= 4 is 58.4 Å². The van der Waals surface area contributed by atoms with Crippen LogP contribution in [0.5, 0.6) is 0 Å². The van der Waals surface area contributed by atoms with Crippen LogP contribution < -0.4 is 9.80 Å². The van der Waals surface area contributed by atoms with Gasteiger partial charge in [0, 0.05) is 34.1 Å². The fraction of sp³-hybridized carbons (Fsp3) is 0.132. The molecule has 0 aliphatic carbocycles. The molecule has 0 N–H and O–H groups in total. The first-order chi connectivity index (χ1) is 26.7. The van der Waals surface area contributed by atoms with Crippen LogP contribution >= 0.6 is 0 Å². The molecule has 7 aromatic rings. The average Bonchev–Trinajstić information content (AvgIpc) is 3.17. The van der Waals surface area contributed by atoms with E-state index in [1.807, 2.05) is 0 Å². The molecule has 0 bridgehead atoms. The lowest BCUT2D eigenvalue weighted by Crippen LogP contribution is -2.10. The smallest absolute Gasteiger partial charge is 0.0464 e. The third-order valence-electron chi connectivity index (χ3n) is 10.5. The predicted octanol–water partition coefficient (Wildman–Crippen LogP) is 15.1. The second-order valence-electron chi connectivity index (χ2n) is 14.7. The maximum atomic E-state index is 2.33. The Morgan fingerprint density at radius 3 is 1.07 bits per heavy atom. The first-order valence-corrected chi connectivity index (χ1v) is 19.2. The highest BCUT2D eigenvalue weighted by Gasteiger charge is 2.15. The van der Waals surface area contributed by atoms with Gasteiger partial charge < -0.3 is 9.80 Å². The molecule has 0 unspecified atom stereocenters. The lowest BCUT2D eigenvalue weighted by Gasteiger charge is -2.26. The van der Waals surface area contributed by atoms with Gasteiger partial charge in [-0.25, -0.2) is 0 Å². The van der Waals surface area contributed by atoms with Crippen molar-refractivity contribution in [1.82, 2.24) is 0 Å². The number of rotatable bonds is 10. The fourth-order valence-electron chi connectivity index (χ4n) is 7.63. The van der Waals surface area contributed by atoms with Crippen LogP contribution in [0.3, 0.4) is 0 Å². The molecule has 0 saturated carbocycles. The lowest BCUT2D eigenvalue weighted by molar-refractivity contribution is 1.26. The van der Waals surface area contributed by atoms with Gasteiger partial charge in [-0.2, -0.15) is 0 Å². The Kier molecular flexibility index (Phi) is 11.0. The molecule has 0 aliphatic heterocycles. The van der Waals surface area contributed by atoms with E-state index >= 15 is 0 Å². The third kappa shape index (κ3) is 8.25. The monoisotopic (exact) mass is 714 g/mol. The SMILES string of the molecule is Cc1cccc(N(c2ccccc2)c2ccc(/C=C/c3c(C)cc(C)c(/C=C/c4ccc(N(c5ccccc5)c5cccc(C)c5)cc4C)c3C)c(C)c2)c1. The second-order valence-corrected chi connectivity index (χ2v) is 14.7. The summed E-state index contributed by atoms with van der Waals surface area (Å²) in [7, 11) is 0. The summed E-state index contributed by atoms with van der Waals surface area (Å²) in [5.41, 5.74) is 20.6.